The van der Waals surface area contributed by atoms with E-state index >= 15 is 0 Å². The predicted molar refractivity (Wildman–Crippen MR) is 89.0 cm³/mol. The molecule has 2 amide bonds. The molecule has 1 heterocycles. The number of primary amides is 1. The highest BCUT2D eigenvalue weighted by Gasteiger charge is 2.39. The highest BCUT2D eigenvalue weighted by atomic mass is 16.5. The van der Waals surface area contributed by atoms with Gasteiger partial charge in [0.2, 0.25) is 11.8 Å². The summed E-state index contributed by atoms with van der Waals surface area (Å²) in [7, 11) is 0. The molecule has 1 aliphatic heterocycles. The number of nitrogens with zero attached hydrogens (tertiary/aromatic N) is 1. The molecule has 1 fully saturated rings. The van der Waals surface area contributed by atoms with Crippen molar-refractivity contribution in [2.24, 2.45) is 11.1 Å². The lowest BCUT2D eigenvalue weighted by Gasteiger charge is -2.39. The Balaban J connectivity index is 1.91. The van der Waals surface area contributed by atoms with Crippen LogP contribution in [-0.4, -0.2) is 36.4 Å². The predicted octanol–water partition coefficient (Wildman–Crippen LogP) is 2.13. The summed E-state index contributed by atoms with van der Waals surface area (Å²) in [4.78, 5) is 25.9. The van der Waals surface area contributed by atoms with Crippen molar-refractivity contribution in [1.29, 1.82) is 0 Å². The highest BCUT2D eigenvalue weighted by molar-refractivity contribution is 5.82. The lowest BCUT2D eigenvalue weighted by atomic mass is 9.75. The summed E-state index contributed by atoms with van der Waals surface area (Å²) in [6, 6.07) is 7.62. The van der Waals surface area contributed by atoms with Crippen LogP contribution in [0.15, 0.2) is 24.3 Å². The largest absolute Gasteiger partial charge is 0.494 e. The van der Waals surface area contributed by atoms with Gasteiger partial charge < -0.3 is 15.4 Å². The molecule has 0 aromatic heterocycles. The molecule has 1 saturated heterocycles. The molecule has 0 saturated carbocycles. The minimum Gasteiger partial charge on any atom is -0.494 e. The molecule has 5 heteroatoms. The SMILES string of the molecule is CCOc1ccc(CC(=O)N2CCC(CC)(C(N)=O)CC2)cc1. The number of likely N-dealkylation sites (tertiary alicyclic amines) is 1. The summed E-state index contributed by atoms with van der Waals surface area (Å²) in [6.45, 7) is 5.77. The zero-order valence-corrected chi connectivity index (χ0v) is 14.0. The Bertz CT molecular complexity index is 546. The quantitative estimate of drug-likeness (QED) is 0.873. The summed E-state index contributed by atoms with van der Waals surface area (Å²) in [6.07, 6.45) is 2.44. The average Bonchev–Trinajstić information content (AvgIpc) is 2.56. The molecule has 23 heavy (non-hydrogen) atoms. The van der Waals surface area contributed by atoms with E-state index in [1.807, 2.05) is 43.0 Å². The van der Waals surface area contributed by atoms with Crippen LogP contribution in [0.25, 0.3) is 0 Å². The van der Waals surface area contributed by atoms with E-state index in [0.717, 1.165) is 17.7 Å². The Labute approximate surface area is 137 Å². The number of piperidine rings is 1. The number of hydrogen-bond acceptors (Lipinski definition) is 3. The molecule has 0 radical (unpaired) electrons. The molecule has 2 rings (SSSR count). The van der Waals surface area contributed by atoms with E-state index in [2.05, 4.69) is 0 Å². The Morgan fingerprint density at radius 2 is 1.78 bits per heavy atom. The molecule has 126 valence electrons. The van der Waals surface area contributed by atoms with Crippen LogP contribution in [0.5, 0.6) is 5.75 Å². The molecule has 0 unspecified atom stereocenters. The molecule has 1 aromatic carbocycles. The van der Waals surface area contributed by atoms with Crippen molar-refractivity contribution in [2.75, 3.05) is 19.7 Å². The van der Waals surface area contributed by atoms with E-state index in [9.17, 15) is 9.59 Å². The van der Waals surface area contributed by atoms with Gasteiger partial charge >= 0.3 is 0 Å². The maximum absolute atomic E-state index is 12.4. The number of rotatable bonds is 6. The number of benzene rings is 1. The summed E-state index contributed by atoms with van der Waals surface area (Å²) < 4.78 is 5.40. The normalized spacial score (nSPS) is 16.9. The lowest BCUT2D eigenvalue weighted by molar-refractivity contribution is -0.138. The minimum absolute atomic E-state index is 0.100. The van der Waals surface area contributed by atoms with Crippen molar-refractivity contribution >= 4 is 11.8 Å². The number of hydrogen-bond donors (Lipinski definition) is 1. The van der Waals surface area contributed by atoms with Gasteiger partial charge in [-0.15, -0.1) is 0 Å². The van der Waals surface area contributed by atoms with Crippen LogP contribution < -0.4 is 10.5 Å². The summed E-state index contributed by atoms with van der Waals surface area (Å²) in [5.41, 5.74) is 6.08. The van der Waals surface area contributed by atoms with Gasteiger partial charge in [-0.1, -0.05) is 19.1 Å². The molecule has 0 atom stereocenters. The third-order valence-corrected chi connectivity index (χ3v) is 4.86. The van der Waals surface area contributed by atoms with Gasteiger partial charge in [-0.3, -0.25) is 9.59 Å². The van der Waals surface area contributed by atoms with E-state index in [0.29, 0.717) is 39.0 Å². The first kappa shape index (κ1) is 17.3. The molecule has 1 aliphatic rings. The van der Waals surface area contributed by atoms with Crippen molar-refractivity contribution < 1.29 is 14.3 Å². The van der Waals surface area contributed by atoms with Crippen LogP contribution in [0.2, 0.25) is 0 Å². The Hall–Kier alpha value is -2.04. The molecule has 2 N–H and O–H groups in total. The fraction of sp³-hybridized carbons (Fsp3) is 0.556. The fourth-order valence-electron chi connectivity index (χ4n) is 3.11. The zero-order chi connectivity index (χ0) is 16.9. The Morgan fingerprint density at radius 1 is 1.17 bits per heavy atom. The Morgan fingerprint density at radius 3 is 2.26 bits per heavy atom. The van der Waals surface area contributed by atoms with Crippen LogP contribution in [0.3, 0.4) is 0 Å². The van der Waals surface area contributed by atoms with Crippen molar-refractivity contribution in [3.63, 3.8) is 0 Å². The van der Waals surface area contributed by atoms with Crippen LogP contribution in [0.4, 0.5) is 0 Å². The van der Waals surface area contributed by atoms with Crippen molar-refractivity contribution in [1.82, 2.24) is 4.90 Å². The van der Waals surface area contributed by atoms with Gasteiger partial charge in [0.25, 0.3) is 0 Å². The highest BCUT2D eigenvalue weighted by Crippen LogP contribution is 2.34. The van der Waals surface area contributed by atoms with Crippen LogP contribution in [0.1, 0.15) is 38.7 Å². The Kier molecular flexibility index (Phi) is 5.64. The minimum atomic E-state index is -0.435. The van der Waals surface area contributed by atoms with Crippen LogP contribution in [0, 0.1) is 5.41 Å². The maximum Gasteiger partial charge on any atom is 0.226 e. The lowest BCUT2D eigenvalue weighted by Crippen LogP contribution is -2.48. The monoisotopic (exact) mass is 318 g/mol. The van der Waals surface area contributed by atoms with Crippen molar-refractivity contribution in [2.45, 2.75) is 39.5 Å². The first-order chi connectivity index (χ1) is 11.0. The molecule has 1 aromatic rings. The smallest absolute Gasteiger partial charge is 0.226 e. The molecular formula is C18H26N2O3. The van der Waals surface area contributed by atoms with E-state index in [-0.39, 0.29) is 11.8 Å². The van der Waals surface area contributed by atoms with E-state index in [4.69, 9.17) is 10.5 Å². The topological polar surface area (TPSA) is 72.6 Å². The molecule has 0 bridgehead atoms. The third-order valence-electron chi connectivity index (χ3n) is 4.86. The first-order valence-electron chi connectivity index (χ1n) is 8.30. The first-order valence-corrected chi connectivity index (χ1v) is 8.30. The summed E-state index contributed by atoms with van der Waals surface area (Å²) in [5.74, 6) is 0.679. The number of carbonyl (C=O) groups excluding carboxylic acids is 2. The zero-order valence-electron chi connectivity index (χ0n) is 14.0. The van der Waals surface area contributed by atoms with Crippen molar-refractivity contribution in [3.8, 4) is 5.75 Å². The fourth-order valence-corrected chi connectivity index (χ4v) is 3.11. The van der Waals surface area contributed by atoms with Crippen molar-refractivity contribution in [3.05, 3.63) is 29.8 Å². The molecule has 0 spiro atoms. The van der Waals surface area contributed by atoms with Gasteiger partial charge in [-0.25, -0.2) is 0 Å². The van der Waals surface area contributed by atoms with E-state index in [1.54, 1.807) is 0 Å². The van der Waals surface area contributed by atoms with Crippen LogP contribution in [-0.2, 0) is 16.0 Å². The standard InChI is InChI=1S/C18H26N2O3/c1-3-18(17(19)22)9-11-20(12-10-18)16(21)13-14-5-7-15(8-6-14)23-4-2/h5-8H,3-4,9-13H2,1-2H3,(H2,19,22). The summed E-state index contributed by atoms with van der Waals surface area (Å²) >= 11 is 0. The molecular weight excluding hydrogens is 292 g/mol. The second-order valence-corrected chi connectivity index (χ2v) is 6.13. The third kappa shape index (κ3) is 4.03. The number of nitrogens with two attached hydrogens (primary N) is 1. The maximum atomic E-state index is 12.4. The average molecular weight is 318 g/mol. The van der Waals surface area contributed by atoms with Gasteiger partial charge in [-0.05, 0) is 43.9 Å². The number of ether oxygens (including phenoxy) is 1. The second-order valence-electron chi connectivity index (χ2n) is 6.13. The van der Waals surface area contributed by atoms with E-state index in [1.165, 1.54) is 0 Å². The molecule has 5 nitrogen and oxygen atoms in total. The van der Waals surface area contributed by atoms with Gasteiger partial charge in [0.05, 0.1) is 18.4 Å². The van der Waals surface area contributed by atoms with Crippen LogP contribution >= 0.6 is 0 Å². The van der Waals surface area contributed by atoms with Gasteiger partial charge in [0.1, 0.15) is 5.75 Å². The van der Waals surface area contributed by atoms with E-state index < -0.39 is 5.41 Å². The second kappa shape index (κ2) is 7.49. The number of carbonyl (C=O) groups is 2. The molecule has 0 aliphatic carbocycles. The van der Waals surface area contributed by atoms with Gasteiger partial charge in [0, 0.05) is 13.1 Å². The van der Waals surface area contributed by atoms with Gasteiger partial charge in [0.15, 0.2) is 0 Å². The van der Waals surface area contributed by atoms with Gasteiger partial charge in [-0.2, -0.15) is 0 Å². The summed E-state index contributed by atoms with van der Waals surface area (Å²) in [5, 5.41) is 0. The number of amides is 2.